The van der Waals surface area contributed by atoms with E-state index < -0.39 is 4.92 Å². The smallest absolute Gasteiger partial charge is 0.293 e. The molecule has 23 heavy (non-hydrogen) atoms. The molecule has 7 heteroatoms. The number of nitro benzene ring substituents is 1. The van der Waals surface area contributed by atoms with Crippen LogP contribution in [0.15, 0.2) is 18.2 Å². The highest BCUT2D eigenvalue weighted by Crippen LogP contribution is 2.34. The van der Waals surface area contributed by atoms with Crippen LogP contribution in [0.5, 0.6) is 0 Å². The molecule has 0 aliphatic carbocycles. The molecular weight excluding hydrogens is 298 g/mol. The summed E-state index contributed by atoms with van der Waals surface area (Å²) in [4.78, 5) is 26.7. The van der Waals surface area contributed by atoms with Gasteiger partial charge in [-0.15, -0.1) is 0 Å². The molecule has 2 aliphatic heterocycles. The van der Waals surface area contributed by atoms with E-state index in [4.69, 9.17) is 4.74 Å². The van der Waals surface area contributed by atoms with E-state index in [-0.39, 0.29) is 11.5 Å². The lowest BCUT2D eigenvalue weighted by molar-refractivity contribution is -0.384. The Labute approximate surface area is 135 Å². The first-order valence-corrected chi connectivity index (χ1v) is 7.89. The van der Waals surface area contributed by atoms with Crippen molar-refractivity contribution in [2.24, 2.45) is 5.92 Å². The standard InChI is InChI=1S/C16H21N3O4/c1-12(20)14-2-3-15(16(8-14)19(21)22)18-10-13(11-18)9-17-4-6-23-7-5-17/h2-3,8,13H,4-7,9-11H2,1H3. The molecule has 0 N–H and O–H groups in total. The third-order valence-corrected chi connectivity index (χ3v) is 4.50. The van der Waals surface area contributed by atoms with Crippen molar-refractivity contribution in [1.29, 1.82) is 0 Å². The van der Waals surface area contributed by atoms with Gasteiger partial charge in [0.1, 0.15) is 5.69 Å². The van der Waals surface area contributed by atoms with Gasteiger partial charge in [0.05, 0.1) is 18.1 Å². The van der Waals surface area contributed by atoms with E-state index >= 15 is 0 Å². The normalized spacial score (nSPS) is 19.4. The van der Waals surface area contributed by atoms with E-state index in [2.05, 4.69) is 4.90 Å². The molecule has 0 bridgehead atoms. The van der Waals surface area contributed by atoms with E-state index in [1.54, 1.807) is 12.1 Å². The van der Waals surface area contributed by atoms with Gasteiger partial charge in [-0.2, -0.15) is 0 Å². The maximum Gasteiger partial charge on any atom is 0.293 e. The van der Waals surface area contributed by atoms with Gasteiger partial charge in [-0.1, -0.05) is 0 Å². The minimum Gasteiger partial charge on any atom is -0.379 e. The Morgan fingerprint density at radius 3 is 2.65 bits per heavy atom. The molecule has 2 heterocycles. The molecule has 0 unspecified atom stereocenters. The maximum atomic E-state index is 11.4. The molecule has 7 nitrogen and oxygen atoms in total. The first-order chi connectivity index (χ1) is 11.0. The molecule has 0 saturated carbocycles. The van der Waals surface area contributed by atoms with Crippen LogP contribution in [0.1, 0.15) is 17.3 Å². The summed E-state index contributed by atoms with van der Waals surface area (Å²) in [5, 5.41) is 11.3. The number of hydrogen-bond donors (Lipinski definition) is 0. The number of Topliss-reactive ketones (excluding diaryl/α,β-unsaturated/α-hetero) is 1. The molecule has 0 spiro atoms. The van der Waals surface area contributed by atoms with Crippen molar-refractivity contribution >= 4 is 17.2 Å². The zero-order chi connectivity index (χ0) is 16.4. The van der Waals surface area contributed by atoms with E-state index in [0.29, 0.717) is 17.2 Å². The number of anilines is 1. The van der Waals surface area contributed by atoms with E-state index in [1.807, 2.05) is 4.90 Å². The van der Waals surface area contributed by atoms with Gasteiger partial charge >= 0.3 is 0 Å². The third kappa shape index (κ3) is 3.51. The van der Waals surface area contributed by atoms with Gasteiger partial charge in [0.2, 0.25) is 0 Å². The lowest BCUT2D eigenvalue weighted by Gasteiger charge is -2.43. The Hall–Kier alpha value is -1.99. The quantitative estimate of drug-likeness (QED) is 0.466. The van der Waals surface area contributed by atoms with Gasteiger partial charge in [-0.3, -0.25) is 19.8 Å². The molecule has 1 aromatic rings. The summed E-state index contributed by atoms with van der Waals surface area (Å²) in [6.45, 7) is 7.56. The first kappa shape index (κ1) is 15.9. The van der Waals surface area contributed by atoms with Crippen LogP contribution < -0.4 is 4.90 Å². The van der Waals surface area contributed by atoms with Gasteiger partial charge in [-0.05, 0) is 19.1 Å². The van der Waals surface area contributed by atoms with Crippen LogP contribution in [0, 0.1) is 16.0 Å². The van der Waals surface area contributed by atoms with Crippen molar-refractivity contribution < 1.29 is 14.5 Å². The van der Waals surface area contributed by atoms with Crippen LogP contribution in [0.25, 0.3) is 0 Å². The topological polar surface area (TPSA) is 75.9 Å². The molecule has 2 aliphatic rings. The molecule has 0 aromatic heterocycles. The zero-order valence-electron chi connectivity index (χ0n) is 13.2. The predicted octanol–water partition coefficient (Wildman–Crippen LogP) is 1.57. The summed E-state index contributed by atoms with van der Waals surface area (Å²) >= 11 is 0. The average Bonchev–Trinajstić information content (AvgIpc) is 2.51. The molecule has 2 saturated heterocycles. The molecule has 2 fully saturated rings. The second-order valence-electron chi connectivity index (χ2n) is 6.20. The van der Waals surface area contributed by atoms with Gasteiger partial charge in [0.25, 0.3) is 5.69 Å². The number of carbonyl (C=O) groups excluding carboxylic acids is 1. The maximum absolute atomic E-state index is 11.4. The monoisotopic (exact) mass is 319 g/mol. The number of rotatable bonds is 5. The first-order valence-electron chi connectivity index (χ1n) is 7.89. The molecule has 0 radical (unpaired) electrons. The highest BCUT2D eigenvalue weighted by atomic mass is 16.6. The summed E-state index contributed by atoms with van der Waals surface area (Å²) in [5.41, 5.74) is 1.01. The Kier molecular flexibility index (Phi) is 4.58. The van der Waals surface area contributed by atoms with Crippen molar-refractivity contribution in [2.75, 3.05) is 50.8 Å². The number of benzene rings is 1. The Morgan fingerprint density at radius 2 is 2.04 bits per heavy atom. The van der Waals surface area contributed by atoms with Gasteiger partial charge in [-0.25, -0.2) is 0 Å². The minimum atomic E-state index is -0.406. The molecular formula is C16H21N3O4. The summed E-state index contributed by atoms with van der Waals surface area (Å²) in [7, 11) is 0. The third-order valence-electron chi connectivity index (χ3n) is 4.50. The number of ketones is 1. The van der Waals surface area contributed by atoms with E-state index in [9.17, 15) is 14.9 Å². The average molecular weight is 319 g/mol. The zero-order valence-corrected chi connectivity index (χ0v) is 13.2. The lowest BCUT2D eigenvalue weighted by Crippen LogP contribution is -2.53. The number of nitrogens with zero attached hydrogens (tertiary/aromatic N) is 3. The van der Waals surface area contributed by atoms with Crippen LogP contribution >= 0.6 is 0 Å². The van der Waals surface area contributed by atoms with Gasteiger partial charge < -0.3 is 9.64 Å². The molecule has 124 valence electrons. The molecule has 1 aromatic carbocycles. The van der Waals surface area contributed by atoms with Crippen molar-refractivity contribution in [3.8, 4) is 0 Å². The summed E-state index contributed by atoms with van der Waals surface area (Å²) in [6, 6.07) is 4.74. The van der Waals surface area contributed by atoms with Gasteiger partial charge in [0.15, 0.2) is 5.78 Å². The second-order valence-corrected chi connectivity index (χ2v) is 6.20. The van der Waals surface area contributed by atoms with Crippen molar-refractivity contribution in [2.45, 2.75) is 6.92 Å². The molecule has 0 atom stereocenters. The Bertz CT molecular complexity index is 607. The van der Waals surface area contributed by atoms with Crippen LogP contribution in [0.3, 0.4) is 0 Å². The fourth-order valence-corrected chi connectivity index (χ4v) is 3.19. The number of hydrogen-bond acceptors (Lipinski definition) is 6. The number of morpholine rings is 1. The summed E-state index contributed by atoms with van der Waals surface area (Å²) < 4.78 is 5.34. The highest BCUT2D eigenvalue weighted by molar-refractivity contribution is 5.95. The van der Waals surface area contributed by atoms with E-state index in [0.717, 1.165) is 45.9 Å². The van der Waals surface area contributed by atoms with E-state index in [1.165, 1.54) is 13.0 Å². The SMILES string of the molecule is CC(=O)c1ccc(N2CC(CN3CCOCC3)C2)c([N+](=O)[O-])c1. The van der Waals surface area contributed by atoms with Gasteiger partial charge in [0, 0.05) is 50.3 Å². The largest absolute Gasteiger partial charge is 0.379 e. The highest BCUT2D eigenvalue weighted by Gasteiger charge is 2.32. The number of ether oxygens (including phenoxy) is 1. The van der Waals surface area contributed by atoms with Crippen molar-refractivity contribution in [3.05, 3.63) is 33.9 Å². The van der Waals surface area contributed by atoms with Crippen LogP contribution in [-0.2, 0) is 4.74 Å². The van der Waals surface area contributed by atoms with Crippen LogP contribution in [0.2, 0.25) is 0 Å². The fourth-order valence-electron chi connectivity index (χ4n) is 3.19. The summed E-state index contributed by atoms with van der Waals surface area (Å²) in [5.74, 6) is 0.369. The Balaban J connectivity index is 1.64. The lowest BCUT2D eigenvalue weighted by atomic mass is 9.97. The van der Waals surface area contributed by atoms with Crippen LogP contribution in [-0.4, -0.2) is 61.5 Å². The van der Waals surface area contributed by atoms with Crippen LogP contribution in [0.4, 0.5) is 11.4 Å². The van der Waals surface area contributed by atoms with Crippen molar-refractivity contribution in [1.82, 2.24) is 4.90 Å². The number of nitro groups is 1. The minimum absolute atomic E-state index is 0.0162. The van der Waals surface area contributed by atoms with Crippen molar-refractivity contribution in [3.63, 3.8) is 0 Å². The summed E-state index contributed by atoms with van der Waals surface area (Å²) in [6.07, 6.45) is 0. The molecule has 0 amide bonds. The molecule has 3 rings (SSSR count). The number of carbonyl (C=O) groups is 1. The fraction of sp³-hybridized carbons (Fsp3) is 0.562. The Morgan fingerprint density at radius 1 is 1.35 bits per heavy atom. The second kappa shape index (κ2) is 6.64. The predicted molar refractivity (Wildman–Crippen MR) is 86.1 cm³/mol.